The molecule has 0 bridgehead atoms. The minimum atomic E-state index is 0.701. The third kappa shape index (κ3) is 4.16. The number of hydrogen-bond donors (Lipinski definition) is 1. The molecule has 0 amide bonds. The number of aryl methyl sites for hydroxylation is 1. The number of likely N-dealkylation sites (tertiary alicyclic amines) is 1. The van der Waals surface area contributed by atoms with Crippen molar-refractivity contribution in [3.8, 4) is 10.6 Å². The van der Waals surface area contributed by atoms with Gasteiger partial charge < -0.3 is 10.2 Å². The lowest BCUT2D eigenvalue weighted by atomic mass is 9.99. The van der Waals surface area contributed by atoms with Gasteiger partial charge in [0, 0.05) is 24.2 Å². The van der Waals surface area contributed by atoms with Gasteiger partial charge in [-0.1, -0.05) is 17.4 Å². The van der Waals surface area contributed by atoms with E-state index in [1.54, 1.807) is 22.7 Å². The van der Waals surface area contributed by atoms with Crippen LogP contribution in [-0.4, -0.2) is 39.8 Å². The third-order valence-corrected chi connectivity index (χ3v) is 6.85. The van der Waals surface area contributed by atoms with E-state index in [9.17, 15) is 0 Å². The Morgan fingerprint density at radius 1 is 1.35 bits per heavy atom. The maximum absolute atomic E-state index is 4.83. The van der Waals surface area contributed by atoms with Gasteiger partial charge in [-0.3, -0.25) is 4.68 Å². The van der Waals surface area contributed by atoms with Crippen molar-refractivity contribution in [3.63, 3.8) is 0 Å². The first kappa shape index (κ1) is 17.7. The van der Waals surface area contributed by atoms with Crippen LogP contribution in [0.15, 0.2) is 29.8 Å². The fraction of sp³-hybridized carbons (Fsp3) is 0.474. The minimum Gasteiger partial charge on any atom is -0.357 e. The van der Waals surface area contributed by atoms with Crippen molar-refractivity contribution in [2.75, 3.05) is 25.5 Å². The molecule has 4 heterocycles. The Morgan fingerprint density at radius 3 is 3.08 bits per heavy atom. The van der Waals surface area contributed by atoms with Crippen molar-refractivity contribution in [1.29, 1.82) is 0 Å². The van der Waals surface area contributed by atoms with Crippen LogP contribution in [0.3, 0.4) is 0 Å². The molecular weight excluding hydrogens is 362 g/mol. The molecule has 0 aromatic carbocycles. The van der Waals surface area contributed by atoms with Crippen molar-refractivity contribution >= 4 is 27.8 Å². The first-order valence-electron chi connectivity index (χ1n) is 9.13. The molecule has 1 atom stereocenters. The van der Waals surface area contributed by atoms with Crippen LogP contribution in [0.25, 0.3) is 10.6 Å². The zero-order chi connectivity index (χ0) is 17.9. The minimum absolute atomic E-state index is 0.701. The molecule has 7 heteroatoms. The summed E-state index contributed by atoms with van der Waals surface area (Å²) < 4.78 is 2.11. The van der Waals surface area contributed by atoms with Crippen LogP contribution in [0.1, 0.15) is 23.4 Å². The number of aromatic nitrogens is 3. The Balaban J connectivity index is 1.42. The lowest BCUT2D eigenvalue weighted by Gasteiger charge is -2.29. The molecule has 5 nitrogen and oxygen atoms in total. The fourth-order valence-electron chi connectivity index (χ4n) is 3.56. The molecule has 0 aliphatic carbocycles. The second-order valence-corrected chi connectivity index (χ2v) is 9.09. The molecule has 1 saturated heterocycles. The van der Waals surface area contributed by atoms with Crippen LogP contribution in [0.5, 0.6) is 0 Å². The van der Waals surface area contributed by atoms with Gasteiger partial charge in [-0.25, -0.2) is 4.98 Å². The lowest BCUT2D eigenvalue weighted by Crippen LogP contribution is -2.34. The van der Waals surface area contributed by atoms with E-state index >= 15 is 0 Å². The average Bonchev–Trinajstić information content (AvgIpc) is 3.34. The molecule has 26 heavy (non-hydrogen) atoms. The van der Waals surface area contributed by atoms with Gasteiger partial charge in [0.2, 0.25) is 0 Å². The SMILES string of the molecule is Cc1nc(NCc2cccs2)sc1-c1ccn(CC2CCCN(C)C2)n1. The van der Waals surface area contributed by atoms with Gasteiger partial charge in [0.1, 0.15) is 5.69 Å². The second-order valence-electron chi connectivity index (χ2n) is 7.06. The van der Waals surface area contributed by atoms with Gasteiger partial charge in [0.25, 0.3) is 0 Å². The number of anilines is 1. The third-order valence-electron chi connectivity index (χ3n) is 4.83. The monoisotopic (exact) mass is 387 g/mol. The van der Waals surface area contributed by atoms with Crippen LogP contribution in [0, 0.1) is 12.8 Å². The predicted molar refractivity (Wildman–Crippen MR) is 110 cm³/mol. The Hall–Kier alpha value is -1.70. The predicted octanol–water partition coefficient (Wildman–Crippen LogP) is 4.33. The molecule has 1 unspecified atom stereocenters. The van der Waals surface area contributed by atoms with Gasteiger partial charge in [-0.15, -0.1) is 11.3 Å². The first-order valence-corrected chi connectivity index (χ1v) is 10.8. The van der Waals surface area contributed by atoms with Crippen molar-refractivity contribution in [2.24, 2.45) is 5.92 Å². The smallest absolute Gasteiger partial charge is 0.183 e. The molecule has 4 rings (SSSR count). The molecule has 1 N–H and O–H groups in total. The highest BCUT2D eigenvalue weighted by atomic mass is 32.1. The van der Waals surface area contributed by atoms with E-state index in [1.165, 1.54) is 30.8 Å². The summed E-state index contributed by atoms with van der Waals surface area (Å²) in [7, 11) is 2.21. The highest BCUT2D eigenvalue weighted by molar-refractivity contribution is 7.19. The summed E-state index contributed by atoms with van der Waals surface area (Å²) in [4.78, 5) is 9.59. The largest absolute Gasteiger partial charge is 0.357 e. The number of rotatable bonds is 6. The zero-order valence-corrected chi connectivity index (χ0v) is 16.9. The number of nitrogens with one attached hydrogen (secondary N) is 1. The number of nitrogens with zero attached hydrogens (tertiary/aromatic N) is 4. The molecule has 1 fully saturated rings. The van der Waals surface area contributed by atoms with Crippen LogP contribution in [-0.2, 0) is 13.1 Å². The van der Waals surface area contributed by atoms with Crippen LogP contribution < -0.4 is 5.32 Å². The summed E-state index contributed by atoms with van der Waals surface area (Å²) in [5.41, 5.74) is 2.08. The highest BCUT2D eigenvalue weighted by Gasteiger charge is 2.19. The molecule has 138 valence electrons. The van der Waals surface area contributed by atoms with Gasteiger partial charge >= 0.3 is 0 Å². The summed E-state index contributed by atoms with van der Waals surface area (Å²) in [6.07, 6.45) is 4.71. The standard InChI is InChI=1S/C19H25N5S2/c1-14-18(26-19(21-14)20-11-16-6-4-10-25-16)17-7-9-24(22-17)13-15-5-3-8-23(2)12-15/h4,6-7,9-10,15H,3,5,8,11-13H2,1-2H3,(H,20,21). The topological polar surface area (TPSA) is 46.0 Å². The molecule has 1 aliphatic rings. The number of thiophene rings is 1. The van der Waals surface area contributed by atoms with Crippen molar-refractivity contribution in [1.82, 2.24) is 19.7 Å². The second kappa shape index (κ2) is 7.90. The number of hydrogen-bond acceptors (Lipinski definition) is 6. The highest BCUT2D eigenvalue weighted by Crippen LogP contribution is 2.32. The van der Waals surface area contributed by atoms with Crippen LogP contribution in [0.2, 0.25) is 0 Å². The molecular formula is C19H25N5S2. The number of thiazole rings is 1. The summed E-state index contributed by atoms with van der Waals surface area (Å²) >= 11 is 3.46. The van der Waals surface area contributed by atoms with E-state index in [0.717, 1.165) is 34.5 Å². The average molecular weight is 388 g/mol. The number of piperidine rings is 1. The van der Waals surface area contributed by atoms with E-state index in [2.05, 4.69) is 63.6 Å². The van der Waals surface area contributed by atoms with Gasteiger partial charge in [0.15, 0.2) is 5.13 Å². The normalized spacial score (nSPS) is 18.3. The van der Waals surface area contributed by atoms with E-state index < -0.39 is 0 Å². The van der Waals surface area contributed by atoms with E-state index in [4.69, 9.17) is 5.10 Å². The summed E-state index contributed by atoms with van der Waals surface area (Å²) in [5.74, 6) is 0.701. The maximum Gasteiger partial charge on any atom is 0.183 e. The lowest BCUT2D eigenvalue weighted by molar-refractivity contribution is 0.191. The van der Waals surface area contributed by atoms with E-state index in [1.807, 2.05) is 0 Å². The van der Waals surface area contributed by atoms with Crippen molar-refractivity contribution < 1.29 is 0 Å². The van der Waals surface area contributed by atoms with Crippen LogP contribution >= 0.6 is 22.7 Å². The van der Waals surface area contributed by atoms with Crippen molar-refractivity contribution in [2.45, 2.75) is 32.9 Å². The Morgan fingerprint density at radius 2 is 2.27 bits per heavy atom. The zero-order valence-electron chi connectivity index (χ0n) is 15.3. The van der Waals surface area contributed by atoms with Crippen LogP contribution in [0.4, 0.5) is 5.13 Å². The van der Waals surface area contributed by atoms with Crippen molar-refractivity contribution in [3.05, 3.63) is 40.3 Å². The molecule has 0 saturated carbocycles. The Kier molecular flexibility index (Phi) is 5.38. The molecule has 3 aromatic rings. The summed E-state index contributed by atoms with van der Waals surface area (Å²) in [6.45, 7) is 6.30. The maximum atomic E-state index is 4.83. The molecule has 0 spiro atoms. The van der Waals surface area contributed by atoms with E-state index in [-0.39, 0.29) is 0 Å². The Labute approximate surface area is 162 Å². The van der Waals surface area contributed by atoms with Gasteiger partial charge in [-0.05, 0) is 56.8 Å². The summed E-state index contributed by atoms with van der Waals surface area (Å²) in [5, 5.41) is 11.3. The Bertz CT molecular complexity index is 836. The molecule has 1 aliphatic heterocycles. The first-order chi connectivity index (χ1) is 12.7. The molecule has 3 aromatic heterocycles. The fourth-order valence-corrected chi connectivity index (χ4v) is 5.13. The quantitative estimate of drug-likeness (QED) is 0.684. The molecule has 0 radical (unpaired) electrons. The van der Waals surface area contributed by atoms with Gasteiger partial charge in [-0.2, -0.15) is 5.10 Å². The van der Waals surface area contributed by atoms with E-state index in [0.29, 0.717) is 5.92 Å². The summed E-state index contributed by atoms with van der Waals surface area (Å²) in [6, 6.07) is 6.34. The van der Waals surface area contributed by atoms with Gasteiger partial charge in [0.05, 0.1) is 17.1 Å².